The smallest absolute Gasteiger partial charge is 0.187 e. The van der Waals surface area contributed by atoms with Crippen molar-refractivity contribution >= 4 is 0 Å². The van der Waals surface area contributed by atoms with Crippen LogP contribution >= 0.6 is 0 Å². The lowest BCUT2D eigenvalue weighted by atomic mass is 9.97. The largest absolute Gasteiger partial charge is 0.394 e. The fraction of sp³-hybridized carbons (Fsp3) is 1.00. The van der Waals surface area contributed by atoms with E-state index in [0.717, 1.165) is 0 Å². The maximum Gasteiger partial charge on any atom is 0.187 e. The first-order valence-corrected chi connectivity index (χ1v) is 8.74. The molecule has 13 heteroatoms. The summed E-state index contributed by atoms with van der Waals surface area (Å²) in [7, 11) is 0. The summed E-state index contributed by atoms with van der Waals surface area (Å²) >= 11 is 0. The molecule has 0 saturated carbocycles. The third-order valence-corrected chi connectivity index (χ3v) is 4.63. The maximum absolute atomic E-state index is 10.4. The minimum atomic E-state index is -1.77. The van der Waals surface area contributed by atoms with E-state index < -0.39 is 93.9 Å². The van der Waals surface area contributed by atoms with Gasteiger partial charge < -0.3 is 64.9 Å². The summed E-state index contributed by atoms with van der Waals surface area (Å²) in [6, 6.07) is 0. The van der Waals surface area contributed by atoms with Gasteiger partial charge in [0, 0.05) is 0 Å². The number of aliphatic hydroxyl groups is 9. The Morgan fingerprint density at radius 1 is 0.714 bits per heavy atom. The maximum atomic E-state index is 10.4. The second kappa shape index (κ2) is 10.5. The van der Waals surface area contributed by atoms with E-state index in [2.05, 4.69) is 0 Å². The van der Waals surface area contributed by atoms with Gasteiger partial charge in [0.2, 0.25) is 0 Å². The molecule has 0 aromatic heterocycles. The summed E-state index contributed by atoms with van der Waals surface area (Å²) < 4.78 is 20.9. The van der Waals surface area contributed by atoms with Crippen LogP contribution in [0.2, 0.25) is 0 Å². The third kappa shape index (κ3) is 5.14. The summed E-state index contributed by atoms with van der Waals surface area (Å²) in [6.45, 7) is -2.43. The number of aliphatic hydroxyl groups excluding tert-OH is 9. The molecule has 2 fully saturated rings. The van der Waals surface area contributed by atoms with Crippen molar-refractivity contribution in [2.24, 2.45) is 0 Å². The molecule has 2 aliphatic rings. The molecule has 0 aromatic rings. The molecule has 0 aromatic carbocycles. The summed E-state index contributed by atoms with van der Waals surface area (Å²) in [5.41, 5.74) is 0. The van der Waals surface area contributed by atoms with Crippen LogP contribution in [0.1, 0.15) is 0 Å². The topological polar surface area (TPSA) is 219 Å². The van der Waals surface area contributed by atoms with Gasteiger partial charge in [-0.3, -0.25) is 0 Å². The normalized spacial score (nSPS) is 45.8. The van der Waals surface area contributed by atoms with Crippen molar-refractivity contribution in [3.8, 4) is 0 Å². The molecule has 2 rings (SSSR count). The molecule has 2 aliphatic heterocycles. The summed E-state index contributed by atoms with van der Waals surface area (Å²) in [5.74, 6) is 0. The zero-order valence-corrected chi connectivity index (χ0v) is 14.8. The minimum absolute atomic E-state index is 0.431. The number of ether oxygens (including phenoxy) is 4. The fourth-order valence-electron chi connectivity index (χ4n) is 2.94. The van der Waals surface area contributed by atoms with Crippen molar-refractivity contribution in [3.05, 3.63) is 0 Å². The predicted octanol–water partition coefficient (Wildman–Crippen LogP) is -6.02. The van der Waals surface area contributed by atoms with Gasteiger partial charge in [-0.25, -0.2) is 0 Å². The lowest BCUT2D eigenvalue weighted by Gasteiger charge is -2.46. The van der Waals surface area contributed by atoms with E-state index in [0.29, 0.717) is 0 Å². The predicted molar refractivity (Wildman–Crippen MR) is 85.4 cm³/mol. The molecule has 2 saturated heterocycles. The highest BCUT2D eigenvalue weighted by molar-refractivity contribution is 4.94. The number of hydrogen-bond donors (Lipinski definition) is 9. The van der Waals surface area contributed by atoms with Gasteiger partial charge in [-0.2, -0.15) is 0 Å². The van der Waals surface area contributed by atoms with Gasteiger partial charge in [0.25, 0.3) is 0 Å². The molecule has 0 amide bonds. The molecule has 9 N–H and O–H groups in total. The molecular formula is C15H28O13. The Balaban J connectivity index is 2.11. The van der Waals surface area contributed by atoms with Crippen LogP contribution in [0.15, 0.2) is 0 Å². The van der Waals surface area contributed by atoms with Crippen molar-refractivity contribution in [2.45, 2.75) is 67.5 Å². The van der Waals surface area contributed by atoms with Crippen LogP contribution in [0.25, 0.3) is 0 Å². The van der Waals surface area contributed by atoms with Crippen molar-refractivity contribution in [1.82, 2.24) is 0 Å². The molecule has 0 aliphatic carbocycles. The Bertz CT molecular complexity index is 465. The Kier molecular flexibility index (Phi) is 8.90. The van der Waals surface area contributed by atoms with Gasteiger partial charge in [0.05, 0.1) is 26.4 Å². The first kappa shape index (κ1) is 23.8. The standard InChI is InChI=1S/C15H28O13/c16-1-5(19)4-25-14-12(24)13(9(21)7(3-18)26-14)28-15-11(23)10(22)8(20)6(2-17)27-15/h5-24H,1-4H2/t5-,6-,7-,8-,9-,10+,11-,12-,13+,14-,15+/m1/s1. The Morgan fingerprint density at radius 3 is 1.86 bits per heavy atom. The first-order chi connectivity index (χ1) is 13.2. The van der Waals surface area contributed by atoms with Crippen molar-refractivity contribution in [2.75, 3.05) is 26.4 Å². The van der Waals surface area contributed by atoms with Gasteiger partial charge in [-0.15, -0.1) is 0 Å². The SMILES string of the molecule is OC[C@@H](O)CO[C@@H]1O[C@H](CO)[C@@H](O)[C@H](O[C@@H]2O[C@H](CO)[C@@H](O)[C@H](O)[C@H]2O)[C@H]1O. The van der Waals surface area contributed by atoms with Crippen LogP contribution in [0.4, 0.5) is 0 Å². The molecule has 0 bridgehead atoms. The first-order valence-electron chi connectivity index (χ1n) is 8.74. The van der Waals surface area contributed by atoms with Gasteiger partial charge in [-0.05, 0) is 0 Å². The summed E-state index contributed by atoms with van der Waals surface area (Å²) in [6.07, 6.45) is -16.9. The van der Waals surface area contributed by atoms with Crippen molar-refractivity contribution in [3.63, 3.8) is 0 Å². The lowest BCUT2D eigenvalue weighted by molar-refractivity contribution is -0.361. The highest BCUT2D eigenvalue weighted by atomic mass is 16.7. The summed E-state index contributed by atoms with van der Waals surface area (Å²) in [5, 5.41) is 87.1. The number of hydrogen-bond acceptors (Lipinski definition) is 13. The van der Waals surface area contributed by atoms with Crippen LogP contribution in [0, 0.1) is 0 Å². The molecule has 0 unspecified atom stereocenters. The Labute approximate surface area is 159 Å². The van der Waals surface area contributed by atoms with Gasteiger partial charge in [-0.1, -0.05) is 0 Å². The third-order valence-electron chi connectivity index (χ3n) is 4.63. The second-order valence-electron chi connectivity index (χ2n) is 6.67. The molecule has 166 valence electrons. The Morgan fingerprint density at radius 2 is 1.29 bits per heavy atom. The highest BCUT2D eigenvalue weighted by Crippen LogP contribution is 2.29. The van der Waals surface area contributed by atoms with Crippen LogP contribution in [0.5, 0.6) is 0 Å². The van der Waals surface area contributed by atoms with Crippen LogP contribution in [0.3, 0.4) is 0 Å². The van der Waals surface area contributed by atoms with Crippen molar-refractivity contribution in [1.29, 1.82) is 0 Å². The fourth-order valence-corrected chi connectivity index (χ4v) is 2.94. The monoisotopic (exact) mass is 416 g/mol. The molecular weight excluding hydrogens is 388 g/mol. The molecule has 13 nitrogen and oxygen atoms in total. The van der Waals surface area contributed by atoms with Gasteiger partial charge >= 0.3 is 0 Å². The van der Waals surface area contributed by atoms with Gasteiger partial charge in [0.1, 0.15) is 54.9 Å². The Hall–Kier alpha value is -0.520. The molecule has 2 heterocycles. The van der Waals surface area contributed by atoms with Crippen LogP contribution in [-0.2, 0) is 18.9 Å². The van der Waals surface area contributed by atoms with E-state index in [4.69, 9.17) is 24.1 Å². The van der Waals surface area contributed by atoms with E-state index in [1.54, 1.807) is 0 Å². The van der Waals surface area contributed by atoms with Gasteiger partial charge in [0.15, 0.2) is 12.6 Å². The number of rotatable bonds is 8. The van der Waals surface area contributed by atoms with E-state index in [1.165, 1.54) is 0 Å². The van der Waals surface area contributed by atoms with E-state index in [-0.39, 0.29) is 0 Å². The van der Waals surface area contributed by atoms with Crippen LogP contribution in [-0.4, -0.2) is 140 Å². The molecule has 0 spiro atoms. The quantitative estimate of drug-likeness (QED) is 0.180. The van der Waals surface area contributed by atoms with E-state index in [1.807, 2.05) is 0 Å². The van der Waals surface area contributed by atoms with E-state index >= 15 is 0 Å². The average molecular weight is 416 g/mol. The second-order valence-corrected chi connectivity index (χ2v) is 6.67. The zero-order chi connectivity index (χ0) is 21.0. The molecule has 28 heavy (non-hydrogen) atoms. The summed E-state index contributed by atoms with van der Waals surface area (Å²) in [4.78, 5) is 0. The van der Waals surface area contributed by atoms with E-state index in [9.17, 15) is 40.9 Å². The highest BCUT2D eigenvalue weighted by Gasteiger charge is 2.50. The average Bonchev–Trinajstić information content (AvgIpc) is 2.70. The lowest BCUT2D eigenvalue weighted by Crippen LogP contribution is -2.65. The van der Waals surface area contributed by atoms with Crippen molar-refractivity contribution < 1.29 is 64.9 Å². The molecule has 11 atom stereocenters. The zero-order valence-electron chi connectivity index (χ0n) is 14.8. The van der Waals surface area contributed by atoms with Crippen LogP contribution < -0.4 is 0 Å². The molecule has 0 radical (unpaired) electrons. The minimum Gasteiger partial charge on any atom is -0.394 e.